The van der Waals surface area contributed by atoms with Gasteiger partial charge in [0, 0.05) is 18.9 Å². The maximum absolute atomic E-state index is 13.2. The van der Waals surface area contributed by atoms with Gasteiger partial charge in [0.05, 0.1) is 18.1 Å². The van der Waals surface area contributed by atoms with Crippen LogP contribution in [0.5, 0.6) is 0 Å². The van der Waals surface area contributed by atoms with Crippen molar-refractivity contribution in [3.05, 3.63) is 70.8 Å². The van der Waals surface area contributed by atoms with Crippen molar-refractivity contribution in [2.24, 2.45) is 23.7 Å². The minimum Gasteiger partial charge on any atom is -0.454 e. The molecule has 0 saturated heterocycles. The molecule has 220 valence electrons. The molecule has 1 unspecified atom stereocenters. The lowest BCUT2D eigenvalue weighted by Crippen LogP contribution is -2.48. The summed E-state index contributed by atoms with van der Waals surface area (Å²) in [5, 5.41) is 34.5. The topological polar surface area (TPSA) is 148 Å². The van der Waals surface area contributed by atoms with Gasteiger partial charge in [-0.25, -0.2) is 0 Å². The van der Waals surface area contributed by atoms with Crippen molar-refractivity contribution in [3.8, 4) is 0 Å². The van der Waals surface area contributed by atoms with Crippen molar-refractivity contribution in [1.29, 1.82) is 0 Å². The molecule has 0 heterocycles. The molecule has 2 aliphatic carbocycles. The number of aliphatic hydroxyl groups is 2. The van der Waals surface area contributed by atoms with E-state index in [2.05, 4.69) is 16.7 Å². The lowest BCUT2D eigenvalue weighted by Gasteiger charge is -2.41. The van der Waals surface area contributed by atoms with E-state index in [9.17, 15) is 29.9 Å². The van der Waals surface area contributed by atoms with Gasteiger partial charge in [0.1, 0.15) is 12.2 Å². The van der Waals surface area contributed by atoms with E-state index < -0.39 is 40.7 Å². The number of benzene rings is 1. The molecule has 3 rings (SSSR count). The number of amides is 1. The van der Waals surface area contributed by atoms with Gasteiger partial charge in [-0.05, 0) is 75.3 Å². The molecular formula is C30H42N2O8. The molecule has 0 aliphatic heterocycles. The molecule has 2 saturated carbocycles. The predicted molar refractivity (Wildman–Crippen MR) is 148 cm³/mol. The van der Waals surface area contributed by atoms with Crippen molar-refractivity contribution < 1.29 is 34.5 Å². The van der Waals surface area contributed by atoms with Crippen LogP contribution < -0.4 is 5.32 Å². The molecule has 40 heavy (non-hydrogen) atoms. The summed E-state index contributed by atoms with van der Waals surface area (Å²) >= 11 is 0. The van der Waals surface area contributed by atoms with Crippen LogP contribution in [0, 0.1) is 33.8 Å². The standard InChI is InChI=1S/C30H42N2O8/c1-3-30(17-16-21-12-8-7-9-13-21,40-29(36)24-18-22(24)20-39-32(37)38)28-23(25(33)19-26(28)34)14-10-5-6-11-15-27(35)31-4-2/h3,5,7-10,12-13,22-26,28,33-34H,1,4,6,11,14-20H2,2H3,(H,31,35)/b10-5-/t22-,23-,24+,25-,26+,28+,30?/m0/s1. The van der Waals surface area contributed by atoms with Crippen LogP contribution in [0.3, 0.4) is 0 Å². The first-order valence-corrected chi connectivity index (χ1v) is 14.2. The zero-order valence-corrected chi connectivity index (χ0v) is 23.2. The molecule has 3 N–H and O–H groups in total. The second-order valence-corrected chi connectivity index (χ2v) is 10.8. The monoisotopic (exact) mass is 558 g/mol. The SMILES string of the molecule is C=CC(CCc1ccccc1)(OC(=O)[C@@H]1C[C@H]1CO[N+](=O)[O-])[C@@H]1[C@@H](C/C=C\CCCC(=O)NCC)[C@@H](O)C[C@H]1O. The smallest absolute Gasteiger partial charge is 0.310 e. The Hall–Kier alpha value is -3.24. The second kappa shape index (κ2) is 14.9. The van der Waals surface area contributed by atoms with Gasteiger partial charge < -0.3 is 25.1 Å². The summed E-state index contributed by atoms with van der Waals surface area (Å²) < 4.78 is 6.18. The Labute approximate surface area is 235 Å². The molecule has 10 nitrogen and oxygen atoms in total. The number of unbranched alkanes of at least 4 members (excludes halogenated alkanes) is 1. The van der Waals surface area contributed by atoms with Crippen molar-refractivity contribution in [2.45, 2.75) is 76.1 Å². The number of hydrogen-bond donors (Lipinski definition) is 3. The van der Waals surface area contributed by atoms with Crippen LogP contribution in [-0.2, 0) is 25.6 Å². The summed E-state index contributed by atoms with van der Waals surface area (Å²) in [6.07, 6.45) is 7.60. The van der Waals surface area contributed by atoms with Crippen LogP contribution >= 0.6 is 0 Å². The van der Waals surface area contributed by atoms with E-state index in [0.29, 0.717) is 51.5 Å². The lowest BCUT2D eigenvalue weighted by atomic mass is 9.74. The third kappa shape index (κ3) is 8.63. The summed E-state index contributed by atoms with van der Waals surface area (Å²) in [7, 11) is 0. The van der Waals surface area contributed by atoms with E-state index in [1.807, 2.05) is 49.4 Å². The van der Waals surface area contributed by atoms with Crippen LogP contribution in [0.25, 0.3) is 0 Å². The van der Waals surface area contributed by atoms with E-state index >= 15 is 0 Å². The fourth-order valence-corrected chi connectivity index (χ4v) is 5.81. The third-order valence-electron chi connectivity index (χ3n) is 8.04. The number of aliphatic hydroxyl groups excluding tert-OH is 2. The number of ether oxygens (including phenoxy) is 1. The maximum Gasteiger partial charge on any atom is 0.310 e. The van der Waals surface area contributed by atoms with Gasteiger partial charge in [-0.2, -0.15) is 0 Å². The van der Waals surface area contributed by atoms with Gasteiger partial charge in [0.25, 0.3) is 5.09 Å². The van der Waals surface area contributed by atoms with E-state index in [1.165, 1.54) is 0 Å². The molecule has 2 fully saturated rings. The Morgan fingerprint density at radius 3 is 2.62 bits per heavy atom. The number of allylic oxidation sites excluding steroid dienone is 2. The fraction of sp³-hybridized carbons (Fsp3) is 0.600. The van der Waals surface area contributed by atoms with E-state index in [0.717, 1.165) is 5.56 Å². The lowest BCUT2D eigenvalue weighted by molar-refractivity contribution is -0.758. The molecule has 0 radical (unpaired) electrons. The van der Waals surface area contributed by atoms with Crippen molar-refractivity contribution in [3.63, 3.8) is 0 Å². The Morgan fingerprint density at radius 2 is 1.95 bits per heavy atom. The number of carbonyl (C=O) groups is 2. The highest BCUT2D eigenvalue weighted by Gasteiger charge is 2.55. The first-order chi connectivity index (χ1) is 19.2. The van der Waals surface area contributed by atoms with E-state index in [1.54, 1.807) is 6.08 Å². The highest BCUT2D eigenvalue weighted by Crippen LogP contribution is 2.48. The Bertz CT molecular complexity index is 1030. The highest BCUT2D eigenvalue weighted by atomic mass is 16.9. The average molecular weight is 559 g/mol. The molecule has 1 aromatic carbocycles. The largest absolute Gasteiger partial charge is 0.454 e. The van der Waals surface area contributed by atoms with Gasteiger partial charge in [-0.3, -0.25) is 9.59 Å². The summed E-state index contributed by atoms with van der Waals surface area (Å²) in [6.45, 7) is 6.32. The third-order valence-corrected chi connectivity index (χ3v) is 8.04. The molecule has 1 amide bonds. The molecule has 2 aliphatic rings. The summed E-state index contributed by atoms with van der Waals surface area (Å²) in [6, 6.07) is 9.72. The number of carbonyl (C=O) groups excluding carboxylic acids is 2. The first kappa shape index (κ1) is 31.3. The van der Waals surface area contributed by atoms with Gasteiger partial charge in [-0.1, -0.05) is 49.1 Å². The number of aryl methyl sites for hydroxylation is 1. The first-order valence-electron chi connectivity index (χ1n) is 14.2. The minimum atomic E-state index is -1.25. The Balaban J connectivity index is 1.74. The summed E-state index contributed by atoms with van der Waals surface area (Å²) in [4.78, 5) is 39.9. The van der Waals surface area contributed by atoms with Crippen molar-refractivity contribution >= 4 is 11.9 Å². The fourth-order valence-electron chi connectivity index (χ4n) is 5.81. The minimum absolute atomic E-state index is 0.0177. The van der Waals surface area contributed by atoms with E-state index in [-0.39, 0.29) is 30.8 Å². The molecule has 7 atom stereocenters. The van der Waals surface area contributed by atoms with E-state index in [4.69, 9.17) is 4.74 Å². The molecule has 0 bridgehead atoms. The van der Waals surface area contributed by atoms with Gasteiger partial charge in [0.2, 0.25) is 5.91 Å². The summed E-state index contributed by atoms with van der Waals surface area (Å²) in [5.41, 5.74) is -0.220. The predicted octanol–water partition coefficient (Wildman–Crippen LogP) is 3.54. The zero-order valence-electron chi connectivity index (χ0n) is 23.2. The summed E-state index contributed by atoms with van der Waals surface area (Å²) in [5.74, 6) is -2.29. The molecule has 0 spiro atoms. The second-order valence-electron chi connectivity index (χ2n) is 10.8. The maximum atomic E-state index is 13.2. The van der Waals surface area contributed by atoms with Crippen LogP contribution in [0.4, 0.5) is 0 Å². The number of hydrogen-bond acceptors (Lipinski definition) is 8. The van der Waals surface area contributed by atoms with Crippen LogP contribution in [-0.4, -0.2) is 58.1 Å². The molecular weight excluding hydrogens is 516 g/mol. The van der Waals surface area contributed by atoms with Gasteiger partial charge in [-0.15, -0.1) is 10.1 Å². The van der Waals surface area contributed by atoms with Crippen LogP contribution in [0.2, 0.25) is 0 Å². The highest BCUT2D eigenvalue weighted by molar-refractivity contribution is 5.76. The zero-order chi connectivity index (χ0) is 29.1. The van der Waals surface area contributed by atoms with Crippen LogP contribution in [0.15, 0.2) is 55.1 Å². The number of esters is 1. The molecule has 0 aromatic heterocycles. The Morgan fingerprint density at radius 1 is 1.20 bits per heavy atom. The normalized spacial score (nSPS) is 27.1. The molecule has 1 aromatic rings. The Kier molecular flexibility index (Phi) is 11.7. The van der Waals surface area contributed by atoms with Gasteiger partial charge in [0.15, 0.2) is 0 Å². The van der Waals surface area contributed by atoms with Gasteiger partial charge >= 0.3 is 5.97 Å². The van der Waals surface area contributed by atoms with Crippen LogP contribution in [0.1, 0.15) is 57.4 Å². The van der Waals surface area contributed by atoms with Crippen molar-refractivity contribution in [1.82, 2.24) is 5.32 Å². The molecule has 10 heteroatoms. The van der Waals surface area contributed by atoms with Crippen molar-refractivity contribution in [2.75, 3.05) is 13.2 Å². The average Bonchev–Trinajstić information content (AvgIpc) is 3.66. The quantitative estimate of drug-likeness (QED) is 0.0865. The number of rotatable bonds is 17. The number of nitrogens with zero attached hydrogens (tertiary/aromatic N) is 1. The number of nitrogens with one attached hydrogen (secondary N) is 1.